The topological polar surface area (TPSA) is 9.23 Å². The second-order valence-corrected chi connectivity index (χ2v) is 10.7. The van der Waals surface area contributed by atoms with Crippen molar-refractivity contribution < 1.29 is 9.13 Å². The maximum Gasteiger partial charge on any atom is 0.126 e. The van der Waals surface area contributed by atoms with E-state index in [2.05, 4.69) is 62.4 Å². The van der Waals surface area contributed by atoms with E-state index in [4.69, 9.17) is 4.74 Å². The van der Waals surface area contributed by atoms with E-state index in [0.717, 1.165) is 24.2 Å². The highest BCUT2D eigenvalue weighted by atomic mass is 19.1. The third-order valence-electron chi connectivity index (χ3n) is 8.21. The second-order valence-electron chi connectivity index (χ2n) is 10.7. The summed E-state index contributed by atoms with van der Waals surface area (Å²) in [4.78, 5) is 0. The van der Waals surface area contributed by atoms with Crippen molar-refractivity contribution in [3.63, 3.8) is 0 Å². The number of fused-ring (bicyclic) bond motifs is 5. The van der Waals surface area contributed by atoms with Crippen molar-refractivity contribution >= 4 is 29.9 Å². The van der Waals surface area contributed by atoms with Gasteiger partial charge < -0.3 is 4.74 Å². The van der Waals surface area contributed by atoms with Gasteiger partial charge in [0.1, 0.15) is 18.2 Å². The SMILES string of the molecule is C1=Cc2ccccc2OC1.CC1=Cc2ccc3c(c2=CC1C)=CCC1=C3C=C[C@@H](c2ccc(F)cc2C)C1. The zero-order valence-electron chi connectivity index (χ0n) is 22.3. The van der Waals surface area contributed by atoms with Crippen LogP contribution < -0.4 is 15.2 Å². The van der Waals surface area contributed by atoms with Crippen LogP contribution in [0.1, 0.15) is 60.4 Å². The summed E-state index contributed by atoms with van der Waals surface area (Å²) in [5.74, 6) is 1.67. The van der Waals surface area contributed by atoms with Gasteiger partial charge in [-0.1, -0.05) is 90.9 Å². The Kier molecular flexibility index (Phi) is 6.49. The molecule has 0 saturated carbocycles. The molecular formula is C36H33FO. The number of hydrogen-bond donors (Lipinski definition) is 0. The van der Waals surface area contributed by atoms with Gasteiger partial charge in [-0.3, -0.25) is 0 Å². The third-order valence-corrected chi connectivity index (χ3v) is 8.21. The number of hydrogen-bond acceptors (Lipinski definition) is 1. The Morgan fingerprint density at radius 2 is 1.79 bits per heavy atom. The van der Waals surface area contributed by atoms with Gasteiger partial charge in [0.25, 0.3) is 0 Å². The van der Waals surface area contributed by atoms with E-state index in [-0.39, 0.29) is 5.82 Å². The van der Waals surface area contributed by atoms with Crippen LogP contribution in [0.25, 0.3) is 29.9 Å². The fourth-order valence-corrected chi connectivity index (χ4v) is 5.98. The highest BCUT2D eigenvalue weighted by Gasteiger charge is 2.23. The minimum absolute atomic E-state index is 0.152. The van der Waals surface area contributed by atoms with Crippen molar-refractivity contribution in [3.8, 4) is 5.75 Å². The first kappa shape index (κ1) is 24.4. The fourth-order valence-electron chi connectivity index (χ4n) is 5.98. The summed E-state index contributed by atoms with van der Waals surface area (Å²) >= 11 is 0. The largest absolute Gasteiger partial charge is 0.489 e. The molecule has 0 radical (unpaired) electrons. The fraction of sp³-hybridized carbons (Fsp3) is 0.222. The lowest BCUT2D eigenvalue weighted by Crippen LogP contribution is -2.34. The average molecular weight is 501 g/mol. The van der Waals surface area contributed by atoms with E-state index in [0.29, 0.717) is 18.4 Å². The lowest BCUT2D eigenvalue weighted by atomic mass is 9.77. The molecule has 0 saturated heterocycles. The molecule has 1 unspecified atom stereocenters. The van der Waals surface area contributed by atoms with Gasteiger partial charge in [-0.25, -0.2) is 4.39 Å². The monoisotopic (exact) mass is 500 g/mol. The number of para-hydroxylation sites is 1. The van der Waals surface area contributed by atoms with Crippen molar-refractivity contribution in [2.75, 3.05) is 6.61 Å². The first-order chi connectivity index (χ1) is 18.5. The molecule has 7 rings (SSSR count). The van der Waals surface area contributed by atoms with Crippen molar-refractivity contribution in [2.45, 2.75) is 39.5 Å². The molecule has 1 aliphatic heterocycles. The molecule has 1 nitrogen and oxygen atoms in total. The normalized spacial score (nSPS) is 20.3. The van der Waals surface area contributed by atoms with Crippen LogP contribution in [0.2, 0.25) is 0 Å². The van der Waals surface area contributed by atoms with E-state index in [1.54, 1.807) is 12.1 Å². The second kappa shape index (κ2) is 10.1. The minimum Gasteiger partial charge on any atom is -0.489 e. The molecule has 0 amide bonds. The number of allylic oxidation sites excluding steroid dienone is 5. The highest BCUT2D eigenvalue weighted by molar-refractivity contribution is 5.83. The lowest BCUT2D eigenvalue weighted by molar-refractivity contribution is 0.358. The summed E-state index contributed by atoms with van der Waals surface area (Å²) in [6.07, 6.45) is 17.9. The lowest BCUT2D eigenvalue weighted by Gasteiger charge is -2.27. The van der Waals surface area contributed by atoms with Crippen molar-refractivity contribution in [1.82, 2.24) is 0 Å². The Morgan fingerprint density at radius 3 is 2.63 bits per heavy atom. The molecule has 2 atom stereocenters. The Bertz CT molecular complexity index is 1660. The number of aryl methyl sites for hydroxylation is 1. The van der Waals surface area contributed by atoms with Gasteiger partial charge in [0, 0.05) is 11.5 Å². The van der Waals surface area contributed by atoms with E-state index >= 15 is 0 Å². The van der Waals surface area contributed by atoms with Gasteiger partial charge in [-0.15, -0.1) is 0 Å². The summed E-state index contributed by atoms with van der Waals surface area (Å²) in [5.41, 5.74) is 10.5. The number of halogens is 1. The maximum atomic E-state index is 13.5. The van der Waals surface area contributed by atoms with Crippen molar-refractivity contribution in [2.24, 2.45) is 5.92 Å². The molecule has 1 heterocycles. The van der Waals surface area contributed by atoms with E-state index in [1.165, 1.54) is 49.4 Å². The Morgan fingerprint density at radius 1 is 0.921 bits per heavy atom. The summed E-state index contributed by atoms with van der Waals surface area (Å²) in [6.45, 7) is 7.21. The van der Waals surface area contributed by atoms with Crippen LogP contribution in [0.5, 0.6) is 5.75 Å². The number of ether oxygens (including phenoxy) is 1. The smallest absolute Gasteiger partial charge is 0.126 e. The van der Waals surface area contributed by atoms with Gasteiger partial charge in [0.15, 0.2) is 0 Å². The molecule has 0 spiro atoms. The molecule has 4 aliphatic rings. The van der Waals surface area contributed by atoms with Gasteiger partial charge in [-0.2, -0.15) is 0 Å². The molecule has 0 N–H and O–H groups in total. The van der Waals surface area contributed by atoms with Crippen LogP contribution in [0.15, 0.2) is 84.0 Å². The predicted molar refractivity (Wildman–Crippen MR) is 158 cm³/mol. The predicted octanol–water partition coefficient (Wildman–Crippen LogP) is 7.74. The highest BCUT2D eigenvalue weighted by Crippen LogP contribution is 2.39. The first-order valence-corrected chi connectivity index (χ1v) is 13.6. The van der Waals surface area contributed by atoms with E-state index in [9.17, 15) is 4.39 Å². The van der Waals surface area contributed by atoms with Crippen molar-refractivity contribution in [1.29, 1.82) is 0 Å². The van der Waals surface area contributed by atoms with Crippen LogP contribution in [-0.2, 0) is 0 Å². The van der Waals surface area contributed by atoms with Gasteiger partial charge in [0.05, 0.1) is 0 Å². The average Bonchev–Trinajstić information content (AvgIpc) is 2.93. The van der Waals surface area contributed by atoms with Crippen LogP contribution in [0.4, 0.5) is 4.39 Å². The standard InChI is InChI=1S/C27H25F.C9H8O/c1-16-12-19-5-9-25-24-8-4-20(23-11-7-22(28)13-18(23)3)15-21(24)6-10-26(25)27(19)14-17(16)2;1-2-6-9-8(4-1)5-3-7-10-9/h4-5,7-14,17,20H,6,15H2,1-3H3;1-6H,7H2/t17?,20-;/m1./s1. The molecule has 0 fully saturated rings. The quantitative estimate of drug-likeness (QED) is 0.332. The molecule has 0 aromatic heterocycles. The molecule has 190 valence electrons. The maximum absolute atomic E-state index is 13.5. The van der Waals surface area contributed by atoms with E-state index in [1.807, 2.05) is 43.3 Å². The van der Waals surface area contributed by atoms with Gasteiger partial charge >= 0.3 is 0 Å². The summed E-state index contributed by atoms with van der Waals surface area (Å²) < 4.78 is 18.8. The molecule has 3 aliphatic carbocycles. The van der Waals surface area contributed by atoms with Crippen LogP contribution >= 0.6 is 0 Å². The van der Waals surface area contributed by atoms with Crippen LogP contribution in [0.3, 0.4) is 0 Å². The summed E-state index contributed by atoms with van der Waals surface area (Å²) in [5, 5.41) is 2.79. The Labute approximate surface area is 224 Å². The number of rotatable bonds is 1. The molecule has 38 heavy (non-hydrogen) atoms. The molecule has 3 aromatic carbocycles. The Hall–Kier alpha value is -3.91. The molecule has 0 bridgehead atoms. The van der Waals surface area contributed by atoms with Gasteiger partial charge in [-0.05, 0) is 95.1 Å². The van der Waals surface area contributed by atoms with Gasteiger partial charge in [0.2, 0.25) is 0 Å². The molecular weight excluding hydrogens is 467 g/mol. The van der Waals surface area contributed by atoms with Crippen LogP contribution in [-0.4, -0.2) is 6.61 Å². The Balaban J connectivity index is 0.000000221. The van der Waals surface area contributed by atoms with Crippen LogP contribution in [0, 0.1) is 18.7 Å². The zero-order chi connectivity index (χ0) is 26.2. The number of benzene rings is 3. The minimum atomic E-state index is -0.152. The third kappa shape index (κ3) is 4.60. The zero-order valence-corrected chi connectivity index (χ0v) is 22.3. The van der Waals surface area contributed by atoms with E-state index < -0.39 is 0 Å². The summed E-state index contributed by atoms with van der Waals surface area (Å²) in [6, 6.07) is 17.8. The molecule has 2 heteroatoms. The molecule has 3 aromatic rings. The van der Waals surface area contributed by atoms with Crippen molar-refractivity contribution in [3.05, 3.63) is 128 Å². The summed E-state index contributed by atoms with van der Waals surface area (Å²) in [7, 11) is 0. The first-order valence-electron chi connectivity index (χ1n) is 13.6.